The summed E-state index contributed by atoms with van der Waals surface area (Å²) in [6.45, 7) is 17.3. The van der Waals surface area contributed by atoms with Crippen molar-refractivity contribution in [1.29, 1.82) is 0 Å². The fourth-order valence-corrected chi connectivity index (χ4v) is 5.76. The molecule has 0 aromatic heterocycles. The first kappa shape index (κ1) is 11.6. The van der Waals surface area contributed by atoms with Crippen LogP contribution in [0, 0.1) is 35.2 Å². The first-order chi connectivity index (χ1) is 7.86. The number of nitrogens with zero attached hydrogens (tertiary/aromatic N) is 1. The van der Waals surface area contributed by atoms with Crippen molar-refractivity contribution >= 4 is 0 Å². The largest absolute Gasteiger partial charge is 0.310 e. The van der Waals surface area contributed by atoms with Gasteiger partial charge in [0.2, 0.25) is 5.54 Å². The van der Waals surface area contributed by atoms with E-state index in [2.05, 4.69) is 32.5 Å². The van der Waals surface area contributed by atoms with Crippen molar-refractivity contribution in [3.8, 4) is 0 Å². The maximum absolute atomic E-state index is 7.73. The van der Waals surface area contributed by atoms with Crippen molar-refractivity contribution in [2.24, 2.45) is 28.6 Å². The molecule has 1 heteroatoms. The molecule has 4 aliphatic rings. The second kappa shape index (κ2) is 3.08. The molecule has 1 nitrogen and oxygen atoms in total. The minimum absolute atomic E-state index is 0.0198. The van der Waals surface area contributed by atoms with Crippen LogP contribution in [0.15, 0.2) is 0 Å². The molecule has 0 saturated heterocycles. The highest BCUT2D eigenvalue weighted by Crippen LogP contribution is 2.72. The highest BCUT2D eigenvalue weighted by atomic mass is 14.9. The molecule has 4 rings (SSSR count). The van der Waals surface area contributed by atoms with Crippen LogP contribution >= 0.6 is 0 Å². The molecule has 2 unspecified atom stereocenters. The van der Waals surface area contributed by atoms with E-state index in [0.717, 1.165) is 5.92 Å². The Bertz CT molecular complexity index is 373. The van der Waals surface area contributed by atoms with Crippen LogP contribution in [0.5, 0.6) is 0 Å². The Morgan fingerprint density at radius 3 is 1.94 bits per heavy atom. The predicted molar refractivity (Wildman–Crippen MR) is 70.5 cm³/mol. The van der Waals surface area contributed by atoms with Crippen molar-refractivity contribution < 1.29 is 0 Å². The molecule has 0 radical (unpaired) electrons. The average Bonchev–Trinajstić information content (AvgIpc) is 2.42. The highest BCUT2D eigenvalue weighted by molar-refractivity contribution is 5.22. The van der Waals surface area contributed by atoms with Crippen LogP contribution in [0.4, 0.5) is 0 Å². The fraction of sp³-hybridized carbons (Fsp3) is 0.938. The lowest BCUT2D eigenvalue weighted by atomic mass is 9.45. The summed E-state index contributed by atoms with van der Waals surface area (Å²) in [4.78, 5) is 4.17. The Kier molecular flexibility index (Phi) is 2.10. The summed E-state index contributed by atoms with van der Waals surface area (Å²) < 4.78 is 0. The van der Waals surface area contributed by atoms with Crippen LogP contribution in [0.1, 0.15) is 59.8 Å². The molecular formula is C16H25N. The average molecular weight is 231 g/mol. The van der Waals surface area contributed by atoms with E-state index in [0.29, 0.717) is 22.7 Å². The van der Waals surface area contributed by atoms with E-state index in [1.807, 2.05) is 0 Å². The second-order valence-electron chi connectivity index (χ2n) is 7.93. The maximum atomic E-state index is 7.73. The van der Waals surface area contributed by atoms with Gasteiger partial charge >= 0.3 is 0 Å². The van der Waals surface area contributed by atoms with Gasteiger partial charge in [0.15, 0.2) is 0 Å². The van der Waals surface area contributed by atoms with Gasteiger partial charge in [0.25, 0.3) is 0 Å². The molecule has 0 aromatic carbocycles. The zero-order valence-corrected chi connectivity index (χ0v) is 11.7. The van der Waals surface area contributed by atoms with Crippen molar-refractivity contribution in [3.05, 3.63) is 11.4 Å². The van der Waals surface area contributed by atoms with Crippen molar-refractivity contribution in [2.45, 2.75) is 65.3 Å². The minimum atomic E-state index is -0.0198. The summed E-state index contributed by atoms with van der Waals surface area (Å²) in [7, 11) is 0. The van der Waals surface area contributed by atoms with E-state index >= 15 is 0 Å². The van der Waals surface area contributed by atoms with Gasteiger partial charge in [0.05, 0.1) is 0 Å². The quantitative estimate of drug-likeness (QED) is 0.584. The smallest absolute Gasteiger partial charge is 0.237 e. The van der Waals surface area contributed by atoms with Crippen molar-refractivity contribution in [2.75, 3.05) is 0 Å². The van der Waals surface area contributed by atoms with Crippen LogP contribution in [0.3, 0.4) is 0 Å². The number of rotatable bonds is 1. The Morgan fingerprint density at radius 1 is 1.06 bits per heavy atom. The second-order valence-corrected chi connectivity index (χ2v) is 7.93. The van der Waals surface area contributed by atoms with Crippen LogP contribution in [-0.2, 0) is 0 Å². The molecule has 4 saturated carbocycles. The van der Waals surface area contributed by atoms with Crippen LogP contribution in [-0.4, -0.2) is 5.54 Å². The molecular weight excluding hydrogens is 206 g/mol. The van der Waals surface area contributed by atoms with Gasteiger partial charge in [-0.1, -0.05) is 27.7 Å². The van der Waals surface area contributed by atoms with Gasteiger partial charge in [-0.2, -0.15) is 0 Å². The molecule has 0 aliphatic heterocycles. The van der Waals surface area contributed by atoms with E-state index in [1.54, 1.807) is 0 Å². The lowest BCUT2D eigenvalue weighted by molar-refractivity contribution is -0.0827. The molecule has 4 fully saturated rings. The van der Waals surface area contributed by atoms with E-state index in [1.165, 1.54) is 32.1 Å². The van der Waals surface area contributed by atoms with E-state index < -0.39 is 0 Å². The Labute approximate surface area is 106 Å². The SMILES string of the molecule is [C-]#[N+][C@@]1(C(C)C)CC2[C@@]3(C)CC[C@]2(C)CC1C3. The summed E-state index contributed by atoms with van der Waals surface area (Å²) in [6, 6.07) is 0. The van der Waals surface area contributed by atoms with Crippen LogP contribution in [0.25, 0.3) is 4.85 Å². The summed E-state index contributed by atoms with van der Waals surface area (Å²) in [5.74, 6) is 2.01. The molecule has 17 heavy (non-hydrogen) atoms. The number of fused-ring (bicyclic) bond motifs is 1. The molecule has 4 aliphatic carbocycles. The third kappa shape index (κ3) is 1.20. The summed E-state index contributed by atoms with van der Waals surface area (Å²) in [5, 5.41) is 0. The third-order valence-corrected chi connectivity index (χ3v) is 6.82. The maximum Gasteiger partial charge on any atom is 0.237 e. The Morgan fingerprint density at radius 2 is 1.59 bits per heavy atom. The highest BCUT2D eigenvalue weighted by Gasteiger charge is 2.69. The standard InChI is InChI=1S/C16H25N/c1-11(2)16(17-5)10-13-14(3)6-7-15(13,4)9-12(16)8-14/h11-13H,6-10H2,1-4H3/t12?,13?,14-,15+,16-/m1/s1. The Balaban J connectivity index is 2.04. The minimum Gasteiger partial charge on any atom is -0.310 e. The van der Waals surface area contributed by atoms with E-state index in [4.69, 9.17) is 6.57 Å². The number of hydrogen-bond donors (Lipinski definition) is 0. The lowest BCUT2D eigenvalue weighted by Gasteiger charge is -2.58. The summed E-state index contributed by atoms with van der Waals surface area (Å²) in [5.41, 5.74) is 1.12. The van der Waals surface area contributed by atoms with E-state index in [9.17, 15) is 0 Å². The third-order valence-electron chi connectivity index (χ3n) is 6.82. The molecule has 94 valence electrons. The first-order valence-electron chi connectivity index (χ1n) is 7.25. The zero-order valence-electron chi connectivity index (χ0n) is 11.7. The van der Waals surface area contributed by atoms with Crippen LogP contribution < -0.4 is 0 Å². The molecule has 0 aromatic rings. The lowest BCUT2D eigenvalue weighted by Crippen LogP contribution is -2.58. The topological polar surface area (TPSA) is 4.36 Å². The van der Waals surface area contributed by atoms with E-state index in [-0.39, 0.29) is 5.54 Å². The van der Waals surface area contributed by atoms with Crippen molar-refractivity contribution in [1.82, 2.24) is 0 Å². The molecule has 0 amide bonds. The molecule has 0 N–H and O–H groups in total. The van der Waals surface area contributed by atoms with Gasteiger partial charge < -0.3 is 4.85 Å². The van der Waals surface area contributed by atoms with Gasteiger partial charge in [-0.25, -0.2) is 6.57 Å². The normalized spacial score (nSPS) is 56.2. The monoisotopic (exact) mass is 231 g/mol. The van der Waals surface area contributed by atoms with Gasteiger partial charge in [0.1, 0.15) is 0 Å². The molecule has 4 bridgehead atoms. The van der Waals surface area contributed by atoms with Crippen molar-refractivity contribution in [3.63, 3.8) is 0 Å². The number of hydrogen-bond acceptors (Lipinski definition) is 0. The Hall–Kier alpha value is -0.510. The molecule has 0 heterocycles. The molecule has 0 spiro atoms. The van der Waals surface area contributed by atoms with Gasteiger partial charge in [-0.05, 0) is 42.4 Å². The van der Waals surface area contributed by atoms with Gasteiger partial charge in [-0.15, -0.1) is 0 Å². The van der Waals surface area contributed by atoms with Crippen LogP contribution in [0.2, 0.25) is 0 Å². The van der Waals surface area contributed by atoms with Gasteiger partial charge in [-0.3, -0.25) is 0 Å². The predicted octanol–water partition coefficient (Wildman–Crippen LogP) is 4.54. The van der Waals surface area contributed by atoms with Gasteiger partial charge in [0, 0.05) is 18.3 Å². The summed E-state index contributed by atoms with van der Waals surface area (Å²) in [6.07, 6.45) is 6.67. The first-order valence-corrected chi connectivity index (χ1v) is 7.25. The fourth-order valence-electron chi connectivity index (χ4n) is 5.76. The summed E-state index contributed by atoms with van der Waals surface area (Å²) >= 11 is 0. The zero-order chi connectivity index (χ0) is 12.5. The molecule has 5 atom stereocenters.